The maximum absolute atomic E-state index is 5.91. The Morgan fingerprint density at radius 3 is 2.43 bits per heavy atom. The van der Waals surface area contributed by atoms with Crippen LogP contribution in [0.2, 0.25) is 0 Å². The fourth-order valence-corrected chi connectivity index (χ4v) is 4.02. The van der Waals surface area contributed by atoms with E-state index in [0.717, 1.165) is 30.0 Å². The van der Waals surface area contributed by atoms with E-state index in [1.54, 1.807) is 0 Å². The van der Waals surface area contributed by atoms with E-state index in [1.807, 2.05) is 24.3 Å². The molecule has 1 unspecified atom stereocenters. The summed E-state index contributed by atoms with van der Waals surface area (Å²) in [7, 11) is 0. The number of hydrogen-bond acceptors (Lipinski definition) is 3. The molecule has 1 heterocycles. The maximum atomic E-state index is 5.91. The summed E-state index contributed by atoms with van der Waals surface area (Å²) >= 11 is 0. The van der Waals surface area contributed by atoms with Crippen molar-refractivity contribution in [3.63, 3.8) is 0 Å². The Morgan fingerprint density at radius 1 is 1.19 bits per heavy atom. The molecule has 0 saturated heterocycles. The summed E-state index contributed by atoms with van der Waals surface area (Å²) in [6.45, 7) is 12.6. The van der Waals surface area contributed by atoms with Crippen LogP contribution < -0.4 is 5.32 Å². The Hall–Kier alpha value is -1.35. The van der Waals surface area contributed by atoms with Gasteiger partial charge in [-0.1, -0.05) is 46.8 Å². The number of hydrogen-bond donors (Lipinski definition) is 1. The van der Waals surface area contributed by atoms with Crippen molar-refractivity contribution in [2.45, 2.75) is 47.1 Å². The van der Waals surface area contributed by atoms with Gasteiger partial charge in [-0.05, 0) is 35.4 Å². The molecule has 3 nitrogen and oxygen atoms in total. The van der Waals surface area contributed by atoms with Crippen LogP contribution in [0.3, 0.4) is 0 Å². The summed E-state index contributed by atoms with van der Waals surface area (Å²) in [5.41, 5.74) is 2.58. The Kier molecular flexibility index (Phi) is 3.36. The topological polar surface area (TPSA) is 38.1 Å². The van der Waals surface area contributed by atoms with Crippen LogP contribution in [0.15, 0.2) is 28.7 Å². The van der Waals surface area contributed by atoms with Gasteiger partial charge in [-0.25, -0.2) is 4.98 Å². The highest BCUT2D eigenvalue weighted by Gasteiger charge is 2.66. The Morgan fingerprint density at radius 2 is 1.86 bits per heavy atom. The molecule has 2 aromatic rings. The summed E-state index contributed by atoms with van der Waals surface area (Å²) < 4.78 is 5.91. The minimum atomic E-state index is 0.367. The molecule has 1 aromatic carbocycles. The molecule has 1 aliphatic rings. The number of para-hydroxylation sites is 2. The minimum Gasteiger partial charge on any atom is -0.441 e. The van der Waals surface area contributed by atoms with Gasteiger partial charge in [-0.2, -0.15) is 0 Å². The Balaban J connectivity index is 1.83. The molecule has 114 valence electrons. The van der Waals surface area contributed by atoms with Crippen LogP contribution in [0.1, 0.15) is 40.5 Å². The van der Waals surface area contributed by atoms with Gasteiger partial charge in [0.05, 0.1) is 0 Å². The van der Waals surface area contributed by atoms with Crippen LogP contribution >= 0.6 is 0 Å². The van der Waals surface area contributed by atoms with Gasteiger partial charge in [0.25, 0.3) is 0 Å². The molecule has 1 aliphatic carbocycles. The molecular weight excluding hydrogens is 260 g/mol. The lowest BCUT2D eigenvalue weighted by Crippen LogP contribution is -2.35. The number of benzene rings is 1. The lowest BCUT2D eigenvalue weighted by atomic mass is 10.0. The predicted molar refractivity (Wildman–Crippen MR) is 86.2 cm³/mol. The third kappa shape index (κ3) is 2.28. The molecule has 0 spiro atoms. The average molecular weight is 286 g/mol. The van der Waals surface area contributed by atoms with Crippen LogP contribution in [0, 0.1) is 16.7 Å². The third-order valence-electron chi connectivity index (χ3n) is 5.73. The molecule has 1 atom stereocenters. The van der Waals surface area contributed by atoms with Gasteiger partial charge in [0.15, 0.2) is 11.5 Å². The molecule has 3 heteroatoms. The van der Waals surface area contributed by atoms with E-state index in [1.165, 1.54) is 0 Å². The van der Waals surface area contributed by atoms with Crippen molar-refractivity contribution < 1.29 is 4.42 Å². The summed E-state index contributed by atoms with van der Waals surface area (Å²) in [6.07, 6.45) is 0.861. The van der Waals surface area contributed by atoms with Gasteiger partial charge >= 0.3 is 0 Å². The number of nitrogens with one attached hydrogen (secondary N) is 1. The number of fused-ring (bicyclic) bond motifs is 1. The van der Waals surface area contributed by atoms with Crippen molar-refractivity contribution in [1.82, 2.24) is 10.3 Å². The lowest BCUT2D eigenvalue weighted by molar-refractivity contribution is 0.372. The van der Waals surface area contributed by atoms with Crippen molar-refractivity contribution in [2.75, 3.05) is 6.54 Å². The molecular formula is C18H26N2O. The standard InChI is InChI=1S/C18H26N2O/c1-6-19-13(16-17(2,3)18(16,4)5)11-15-20-12-9-7-8-10-14(12)21-15/h7-10,13,16,19H,6,11H2,1-5H3. The van der Waals surface area contributed by atoms with E-state index in [4.69, 9.17) is 4.42 Å². The largest absolute Gasteiger partial charge is 0.441 e. The number of likely N-dealkylation sites (N-methyl/N-ethyl adjacent to an activating group) is 1. The molecule has 3 rings (SSSR count). The first kappa shape index (κ1) is 14.6. The molecule has 0 aliphatic heterocycles. The van der Waals surface area contributed by atoms with Gasteiger partial charge in [0, 0.05) is 12.5 Å². The summed E-state index contributed by atoms with van der Waals surface area (Å²) in [4.78, 5) is 4.63. The molecule has 0 radical (unpaired) electrons. The maximum Gasteiger partial charge on any atom is 0.197 e. The quantitative estimate of drug-likeness (QED) is 0.901. The van der Waals surface area contributed by atoms with Crippen LogP contribution in [0.5, 0.6) is 0 Å². The predicted octanol–water partition coefficient (Wildman–Crippen LogP) is 4.03. The van der Waals surface area contributed by atoms with Crippen LogP contribution in [-0.4, -0.2) is 17.6 Å². The zero-order valence-electron chi connectivity index (χ0n) is 13.7. The van der Waals surface area contributed by atoms with Gasteiger partial charge < -0.3 is 9.73 Å². The second kappa shape index (κ2) is 4.84. The van der Waals surface area contributed by atoms with E-state index >= 15 is 0 Å². The van der Waals surface area contributed by atoms with Crippen LogP contribution in [-0.2, 0) is 6.42 Å². The normalized spacial score (nSPS) is 21.6. The molecule has 1 saturated carbocycles. The van der Waals surface area contributed by atoms with E-state index < -0.39 is 0 Å². The van der Waals surface area contributed by atoms with Crippen molar-refractivity contribution in [2.24, 2.45) is 16.7 Å². The number of rotatable bonds is 5. The van der Waals surface area contributed by atoms with Gasteiger partial charge in [-0.3, -0.25) is 0 Å². The minimum absolute atomic E-state index is 0.367. The van der Waals surface area contributed by atoms with E-state index in [2.05, 4.69) is 44.9 Å². The fraction of sp³-hybridized carbons (Fsp3) is 0.611. The van der Waals surface area contributed by atoms with Gasteiger partial charge in [-0.15, -0.1) is 0 Å². The van der Waals surface area contributed by atoms with Crippen molar-refractivity contribution in [1.29, 1.82) is 0 Å². The monoisotopic (exact) mass is 286 g/mol. The van der Waals surface area contributed by atoms with Crippen LogP contribution in [0.25, 0.3) is 11.1 Å². The number of oxazole rings is 1. The van der Waals surface area contributed by atoms with Gasteiger partial charge in [0.2, 0.25) is 0 Å². The SMILES string of the molecule is CCNC(Cc1nc2ccccc2o1)C1C(C)(C)C1(C)C. The highest BCUT2D eigenvalue weighted by atomic mass is 16.3. The highest BCUT2D eigenvalue weighted by molar-refractivity contribution is 5.72. The molecule has 1 fully saturated rings. The first-order chi connectivity index (χ1) is 9.88. The summed E-state index contributed by atoms with van der Waals surface area (Å²) in [6, 6.07) is 8.41. The number of aromatic nitrogens is 1. The summed E-state index contributed by atoms with van der Waals surface area (Å²) in [5.74, 6) is 1.50. The first-order valence-corrected chi connectivity index (χ1v) is 7.95. The second-order valence-electron chi connectivity index (χ2n) is 7.36. The highest BCUT2D eigenvalue weighted by Crippen LogP contribution is 2.69. The molecule has 21 heavy (non-hydrogen) atoms. The van der Waals surface area contributed by atoms with Crippen molar-refractivity contribution in [3.8, 4) is 0 Å². The molecule has 1 aromatic heterocycles. The van der Waals surface area contributed by atoms with E-state index in [-0.39, 0.29) is 0 Å². The average Bonchev–Trinajstić information content (AvgIpc) is 2.73. The lowest BCUT2D eigenvalue weighted by Gasteiger charge is -2.18. The third-order valence-corrected chi connectivity index (χ3v) is 5.73. The number of nitrogens with zero attached hydrogens (tertiary/aromatic N) is 1. The molecule has 1 N–H and O–H groups in total. The second-order valence-corrected chi connectivity index (χ2v) is 7.36. The fourth-order valence-electron chi connectivity index (χ4n) is 4.02. The van der Waals surface area contributed by atoms with Crippen molar-refractivity contribution in [3.05, 3.63) is 30.2 Å². The zero-order valence-corrected chi connectivity index (χ0v) is 13.7. The summed E-state index contributed by atoms with van der Waals surface area (Å²) in [5, 5.41) is 3.65. The van der Waals surface area contributed by atoms with Gasteiger partial charge in [0.1, 0.15) is 5.52 Å². The first-order valence-electron chi connectivity index (χ1n) is 7.95. The van der Waals surface area contributed by atoms with E-state index in [0.29, 0.717) is 22.8 Å². The smallest absolute Gasteiger partial charge is 0.197 e. The Bertz CT molecular complexity index is 594. The van der Waals surface area contributed by atoms with E-state index in [9.17, 15) is 0 Å². The Labute approximate surface area is 127 Å². The molecule has 0 bridgehead atoms. The van der Waals surface area contributed by atoms with Crippen molar-refractivity contribution >= 4 is 11.1 Å². The van der Waals surface area contributed by atoms with Crippen LogP contribution in [0.4, 0.5) is 0 Å². The zero-order chi connectivity index (χ0) is 15.3. The molecule has 0 amide bonds.